The third-order valence-electron chi connectivity index (χ3n) is 3.22. The molecule has 1 aromatic heterocycles. The van der Waals surface area contributed by atoms with Crippen molar-refractivity contribution < 1.29 is 15.0 Å². The molecule has 0 unspecified atom stereocenters. The first kappa shape index (κ1) is 14.3. The van der Waals surface area contributed by atoms with Crippen LogP contribution in [0.5, 0.6) is 0 Å². The zero-order valence-corrected chi connectivity index (χ0v) is 11.6. The van der Waals surface area contributed by atoms with Crippen molar-refractivity contribution in [1.82, 2.24) is 4.98 Å². The number of aromatic nitrogens is 1. The SMILES string of the molecule is CC(C)(CCO)Nc1ncc(C(=O)O)c2ccccc12. The fraction of sp³-hybridized carbons (Fsp3) is 0.333. The maximum absolute atomic E-state index is 11.2. The van der Waals surface area contributed by atoms with Gasteiger partial charge in [0, 0.05) is 29.1 Å². The van der Waals surface area contributed by atoms with Crippen molar-refractivity contribution in [2.75, 3.05) is 11.9 Å². The number of anilines is 1. The quantitative estimate of drug-likeness (QED) is 0.780. The number of nitrogens with one attached hydrogen (secondary N) is 1. The smallest absolute Gasteiger partial charge is 0.337 e. The van der Waals surface area contributed by atoms with Crippen molar-refractivity contribution >= 4 is 22.6 Å². The molecule has 0 saturated heterocycles. The molecule has 0 bridgehead atoms. The van der Waals surface area contributed by atoms with E-state index in [1.165, 1.54) is 6.20 Å². The number of aliphatic hydroxyl groups is 1. The molecular formula is C15H18N2O3. The second-order valence-corrected chi connectivity index (χ2v) is 5.35. The summed E-state index contributed by atoms with van der Waals surface area (Å²) in [5.74, 6) is -0.362. The van der Waals surface area contributed by atoms with E-state index in [1.807, 2.05) is 26.0 Å². The van der Waals surface area contributed by atoms with Gasteiger partial charge in [0.05, 0.1) is 5.56 Å². The minimum atomic E-state index is -0.991. The minimum Gasteiger partial charge on any atom is -0.478 e. The Morgan fingerprint density at radius 2 is 1.95 bits per heavy atom. The minimum absolute atomic E-state index is 0.0745. The third kappa shape index (κ3) is 2.88. The number of carbonyl (C=O) groups is 1. The fourth-order valence-electron chi connectivity index (χ4n) is 2.13. The average Bonchev–Trinajstić information content (AvgIpc) is 2.38. The molecule has 0 atom stereocenters. The number of benzene rings is 1. The van der Waals surface area contributed by atoms with Gasteiger partial charge < -0.3 is 15.5 Å². The maximum atomic E-state index is 11.2. The summed E-state index contributed by atoms with van der Waals surface area (Å²) in [4.78, 5) is 15.4. The molecule has 5 heteroatoms. The monoisotopic (exact) mass is 274 g/mol. The van der Waals surface area contributed by atoms with Crippen LogP contribution in [0.1, 0.15) is 30.6 Å². The number of rotatable bonds is 5. The molecule has 0 amide bonds. The number of carboxylic acid groups (broad SMARTS) is 1. The molecule has 0 spiro atoms. The van der Waals surface area contributed by atoms with Crippen LogP contribution in [0.4, 0.5) is 5.82 Å². The largest absolute Gasteiger partial charge is 0.478 e. The van der Waals surface area contributed by atoms with Crippen molar-refractivity contribution in [2.45, 2.75) is 25.8 Å². The number of aliphatic hydroxyl groups excluding tert-OH is 1. The number of aromatic carboxylic acids is 1. The summed E-state index contributed by atoms with van der Waals surface area (Å²) in [6.45, 7) is 4.00. The van der Waals surface area contributed by atoms with E-state index in [0.29, 0.717) is 17.6 Å². The van der Waals surface area contributed by atoms with Crippen LogP contribution < -0.4 is 5.32 Å². The number of nitrogens with zero attached hydrogens (tertiary/aromatic N) is 1. The first-order valence-electron chi connectivity index (χ1n) is 6.45. The van der Waals surface area contributed by atoms with Gasteiger partial charge in [-0.3, -0.25) is 0 Å². The van der Waals surface area contributed by atoms with E-state index < -0.39 is 5.97 Å². The lowest BCUT2D eigenvalue weighted by Crippen LogP contribution is -2.32. The van der Waals surface area contributed by atoms with Gasteiger partial charge in [-0.05, 0) is 20.3 Å². The Balaban J connectivity index is 2.51. The molecule has 0 aliphatic rings. The van der Waals surface area contributed by atoms with Crippen LogP contribution in [0, 0.1) is 0 Å². The van der Waals surface area contributed by atoms with Gasteiger partial charge in [-0.15, -0.1) is 0 Å². The average molecular weight is 274 g/mol. The van der Waals surface area contributed by atoms with Gasteiger partial charge in [0.15, 0.2) is 0 Å². The lowest BCUT2D eigenvalue weighted by Gasteiger charge is -2.26. The number of fused-ring (bicyclic) bond motifs is 1. The highest BCUT2D eigenvalue weighted by Crippen LogP contribution is 2.27. The second kappa shape index (κ2) is 5.46. The van der Waals surface area contributed by atoms with Crippen molar-refractivity contribution in [2.24, 2.45) is 0 Å². The van der Waals surface area contributed by atoms with Crippen LogP contribution in [-0.4, -0.2) is 33.3 Å². The zero-order valence-electron chi connectivity index (χ0n) is 11.6. The Kier molecular flexibility index (Phi) is 3.90. The van der Waals surface area contributed by atoms with Gasteiger partial charge in [-0.2, -0.15) is 0 Å². The third-order valence-corrected chi connectivity index (χ3v) is 3.22. The Bertz CT molecular complexity index is 638. The van der Waals surface area contributed by atoms with Crippen LogP contribution in [-0.2, 0) is 0 Å². The standard InChI is InChI=1S/C15H18N2O3/c1-15(2,7-8-18)17-13-11-6-4-3-5-10(11)12(9-16-13)14(19)20/h3-6,9,18H,7-8H2,1-2H3,(H,16,17)(H,19,20). The van der Waals surface area contributed by atoms with Crippen LogP contribution in [0.3, 0.4) is 0 Å². The molecule has 2 aromatic rings. The number of pyridine rings is 1. The summed E-state index contributed by atoms with van der Waals surface area (Å²) in [5.41, 5.74) is -0.138. The molecule has 5 nitrogen and oxygen atoms in total. The van der Waals surface area contributed by atoms with Crippen LogP contribution in [0.15, 0.2) is 30.5 Å². The Hall–Kier alpha value is -2.14. The molecule has 0 aliphatic heterocycles. The van der Waals surface area contributed by atoms with Gasteiger partial charge in [-0.25, -0.2) is 9.78 Å². The van der Waals surface area contributed by atoms with Crippen molar-refractivity contribution in [3.63, 3.8) is 0 Å². The Morgan fingerprint density at radius 1 is 1.30 bits per heavy atom. The van der Waals surface area contributed by atoms with E-state index in [2.05, 4.69) is 10.3 Å². The number of hydrogen-bond donors (Lipinski definition) is 3. The Morgan fingerprint density at radius 3 is 2.55 bits per heavy atom. The first-order chi connectivity index (χ1) is 9.44. The van der Waals surface area contributed by atoms with Crippen LogP contribution in [0.2, 0.25) is 0 Å². The molecule has 0 saturated carbocycles. The summed E-state index contributed by atoms with van der Waals surface area (Å²) >= 11 is 0. The summed E-state index contributed by atoms with van der Waals surface area (Å²) in [6, 6.07) is 7.26. The van der Waals surface area contributed by atoms with Gasteiger partial charge >= 0.3 is 5.97 Å². The van der Waals surface area contributed by atoms with Crippen molar-refractivity contribution in [3.8, 4) is 0 Å². The molecule has 106 valence electrons. The molecule has 2 rings (SSSR count). The molecule has 0 aliphatic carbocycles. The fourth-order valence-corrected chi connectivity index (χ4v) is 2.13. The van der Waals surface area contributed by atoms with Gasteiger partial charge in [0.2, 0.25) is 0 Å². The van der Waals surface area contributed by atoms with Crippen LogP contribution in [0.25, 0.3) is 10.8 Å². The molecule has 0 fully saturated rings. The predicted molar refractivity (Wildman–Crippen MR) is 78.1 cm³/mol. The van der Waals surface area contributed by atoms with E-state index in [9.17, 15) is 9.90 Å². The molecular weight excluding hydrogens is 256 g/mol. The number of carboxylic acids is 1. The summed E-state index contributed by atoms with van der Waals surface area (Å²) in [5, 5.41) is 22.9. The molecule has 0 radical (unpaired) electrons. The van der Waals surface area contributed by atoms with E-state index >= 15 is 0 Å². The van der Waals surface area contributed by atoms with Crippen molar-refractivity contribution in [3.05, 3.63) is 36.0 Å². The summed E-state index contributed by atoms with van der Waals surface area (Å²) in [7, 11) is 0. The second-order valence-electron chi connectivity index (χ2n) is 5.35. The van der Waals surface area contributed by atoms with Gasteiger partial charge in [-0.1, -0.05) is 24.3 Å². The highest BCUT2D eigenvalue weighted by molar-refractivity contribution is 6.06. The van der Waals surface area contributed by atoms with E-state index in [0.717, 1.165) is 5.39 Å². The normalized spacial score (nSPS) is 11.6. The lowest BCUT2D eigenvalue weighted by molar-refractivity contribution is 0.0698. The highest BCUT2D eigenvalue weighted by atomic mass is 16.4. The van der Waals surface area contributed by atoms with Gasteiger partial charge in [0.25, 0.3) is 0 Å². The first-order valence-corrected chi connectivity index (χ1v) is 6.45. The van der Waals surface area contributed by atoms with Crippen LogP contribution >= 0.6 is 0 Å². The van der Waals surface area contributed by atoms with Gasteiger partial charge in [0.1, 0.15) is 5.82 Å². The highest BCUT2D eigenvalue weighted by Gasteiger charge is 2.20. The Labute approximate surface area is 117 Å². The summed E-state index contributed by atoms with van der Waals surface area (Å²) < 4.78 is 0. The molecule has 1 aromatic carbocycles. The topological polar surface area (TPSA) is 82.5 Å². The van der Waals surface area contributed by atoms with E-state index in [4.69, 9.17) is 5.11 Å². The maximum Gasteiger partial charge on any atom is 0.337 e. The van der Waals surface area contributed by atoms with E-state index in [-0.39, 0.29) is 17.7 Å². The molecule has 3 N–H and O–H groups in total. The summed E-state index contributed by atoms with van der Waals surface area (Å²) in [6.07, 6.45) is 1.94. The van der Waals surface area contributed by atoms with E-state index in [1.54, 1.807) is 12.1 Å². The molecule has 1 heterocycles. The molecule has 20 heavy (non-hydrogen) atoms. The lowest BCUT2D eigenvalue weighted by atomic mass is 10.00. The number of hydrogen-bond acceptors (Lipinski definition) is 4. The zero-order chi connectivity index (χ0) is 14.8. The van der Waals surface area contributed by atoms with Crippen molar-refractivity contribution in [1.29, 1.82) is 0 Å². The predicted octanol–water partition coefficient (Wildman–Crippen LogP) is 2.51.